The summed E-state index contributed by atoms with van der Waals surface area (Å²) in [6.07, 6.45) is 4.02. The lowest BCUT2D eigenvalue weighted by atomic mass is 9.90. The summed E-state index contributed by atoms with van der Waals surface area (Å²) < 4.78 is 2.03. The van der Waals surface area contributed by atoms with E-state index in [0.717, 1.165) is 44.8 Å². The van der Waals surface area contributed by atoms with Crippen LogP contribution in [0, 0.1) is 13.8 Å². The van der Waals surface area contributed by atoms with E-state index in [0.29, 0.717) is 0 Å². The molecule has 2 aromatic heterocycles. The maximum Gasteiger partial charge on any atom is 0.236 e. The van der Waals surface area contributed by atoms with E-state index in [1.54, 1.807) is 0 Å². The number of nitrogens with one attached hydrogen (secondary N) is 1. The van der Waals surface area contributed by atoms with Crippen molar-refractivity contribution in [3.8, 4) is 11.3 Å². The van der Waals surface area contributed by atoms with Gasteiger partial charge in [0.2, 0.25) is 5.91 Å². The van der Waals surface area contributed by atoms with E-state index in [4.69, 9.17) is 4.98 Å². The second-order valence-electron chi connectivity index (χ2n) is 8.32. The molecule has 33 heavy (non-hydrogen) atoms. The molecule has 0 fully saturated rings. The van der Waals surface area contributed by atoms with Crippen LogP contribution in [0.15, 0.2) is 103 Å². The van der Waals surface area contributed by atoms with Gasteiger partial charge in [0.05, 0.1) is 11.6 Å². The summed E-state index contributed by atoms with van der Waals surface area (Å²) in [7, 11) is 0. The molecule has 1 N–H and O–H groups in total. The number of aryl methyl sites for hydroxylation is 2. The second-order valence-corrected chi connectivity index (χ2v) is 8.32. The molecule has 0 bridgehead atoms. The highest BCUT2D eigenvalue weighted by Gasteiger charge is 2.23. The van der Waals surface area contributed by atoms with E-state index in [9.17, 15) is 4.79 Å². The van der Waals surface area contributed by atoms with E-state index in [1.807, 2.05) is 109 Å². The minimum absolute atomic E-state index is 0.0569. The van der Waals surface area contributed by atoms with E-state index < -0.39 is 5.92 Å². The Morgan fingerprint density at radius 2 is 1.48 bits per heavy atom. The summed E-state index contributed by atoms with van der Waals surface area (Å²) >= 11 is 0. The van der Waals surface area contributed by atoms with Crippen LogP contribution in [0.2, 0.25) is 0 Å². The highest BCUT2D eigenvalue weighted by atomic mass is 16.1. The van der Waals surface area contributed by atoms with Crippen LogP contribution in [0.1, 0.15) is 28.2 Å². The van der Waals surface area contributed by atoms with E-state index in [1.165, 1.54) is 0 Å². The predicted molar refractivity (Wildman–Crippen MR) is 133 cm³/mol. The summed E-state index contributed by atoms with van der Waals surface area (Å²) in [4.78, 5) is 18.4. The molecule has 3 aromatic carbocycles. The molecule has 4 nitrogen and oxygen atoms in total. The van der Waals surface area contributed by atoms with Crippen LogP contribution in [-0.4, -0.2) is 15.3 Å². The monoisotopic (exact) mass is 431 g/mol. The van der Waals surface area contributed by atoms with E-state index >= 15 is 0 Å². The number of amides is 1. The van der Waals surface area contributed by atoms with Crippen LogP contribution in [0.25, 0.3) is 16.9 Å². The third kappa shape index (κ3) is 4.15. The number of aromatic nitrogens is 2. The minimum Gasteiger partial charge on any atom is -0.325 e. The maximum atomic E-state index is 13.6. The van der Waals surface area contributed by atoms with Crippen molar-refractivity contribution in [2.24, 2.45) is 0 Å². The fourth-order valence-electron chi connectivity index (χ4n) is 4.20. The van der Waals surface area contributed by atoms with Crippen LogP contribution in [0.4, 0.5) is 5.69 Å². The van der Waals surface area contributed by atoms with Gasteiger partial charge in [0.15, 0.2) is 0 Å². The number of fused-ring (bicyclic) bond motifs is 1. The van der Waals surface area contributed by atoms with Gasteiger partial charge < -0.3 is 9.72 Å². The van der Waals surface area contributed by atoms with Crippen LogP contribution < -0.4 is 5.32 Å². The zero-order valence-electron chi connectivity index (χ0n) is 18.7. The first kappa shape index (κ1) is 20.7. The first-order chi connectivity index (χ1) is 16.1. The van der Waals surface area contributed by atoms with E-state index in [2.05, 4.69) is 18.3 Å². The van der Waals surface area contributed by atoms with Crippen LogP contribution in [0.3, 0.4) is 0 Å². The van der Waals surface area contributed by atoms with Crippen molar-refractivity contribution in [3.05, 3.63) is 126 Å². The zero-order chi connectivity index (χ0) is 22.8. The number of carbonyl (C=O) groups is 1. The summed E-state index contributed by atoms with van der Waals surface area (Å²) in [5, 5.41) is 3.19. The Labute approximate surface area is 193 Å². The van der Waals surface area contributed by atoms with Gasteiger partial charge in [-0.3, -0.25) is 4.79 Å². The molecule has 0 spiro atoms. The highest BCUT2D eigenvalue weighted by Crippen LogP contribution is 2.29. The summed E-state index contributed by atoms with van der Waals surface area (Å²) in [6.45, 7) is 4.06. The quantitative estimate of drug-likeness (QED) is 0.350. The van der Waals surface area contributed by atoms with Crippen LogP contribution in [-0.2, 0) is 4.79 Å². The molecular weight excluding hydrogens is 406 g/mol. The van der Waals surface area contributed by atoms with Crippen molar-refractivity contribution < 1.29 is 4.79 Å². The van der Waals surface area contributed by atoms with Crippen molar-refractivity contribution in [2.75, 3.05) is 5.32 Å². The lowest BCUT2D eigenvalue weighted by Gasteiger charge is -2.19. The topological polar surface area (TPSA) is 46.4 Å². The summed E-state index contributed by atoms with van der Waals surface area (Å²) in [6, 6.07) is 30.0. The number of nitrogens with zero attached hydrogens (tertiary/aromatic N) is 2. The van der Waals surface area contributed by atoms with Gasteiger partial charge in [-0.2, -0.15) is 0 Å². The Kier molecular flexibility index (Phi) is 5.49. The number of carbonyl (C=O) groups excluding carboxylic acids is 1. The zero-order valence-corrected chi connectivity index (χ0v) is 18.7. The fraction of sp³-hybridized carbons (Fsp3) is 0.103. The number of anilines is 1. The smallest absolute Gasteiger partial charge is 0.236 e. The van der Waals surface area contributed by atoms with Crippen molar-refractivity contribution in [3.63, 3.8) is 0 Å². The first-order valence-corrected chi connectivity index (χ1v) is 11.1. The number of imidazole rings is 1. The lowest BCUT2D eigenvalue weighted by Crippen LogP contribution is -2.22. The third-order valence-electron chi connectivity index (χ3n) is 6.00. The van der Waals surface area contributed by atoms with Gasteiger partial charge in [-0.25, -0.2) is 4.98 Å². The average Bonchev–Trinajstić information content (AvgIpc) is 3.28. The molecule has 0 radical (unpaired) electrons. The molecule has 162 valence electrons. The number of pyridine rings is 1. The number of benzene rings is 3. The number of hydrogen-bond acceptors (Lipinski definition) is 2. The lowest BCUT2D eigenvalue weighted by molar-refractivity contribution is -0.116. The molecular formula is C29H25N3O. The molecule has 1 amide bonds. The Morgan fingerprint density at radius 3 is 2.12 bits per heavy atom. The Hall–Kier alpha value is -4.18. The number of hydrogen-bond donors (Lipinski definition) is 1. The molecule has 4 heteroatoms. The van der Waals surface area contributed by atoms with Gasteiger partial charge in [-0.05, 0) is 48.2 Å². The van der Waals surface area contributed by atoms with Gasteiger partial charge in [-0.15, -0.1) is 0 Å². The maximum absolute atomic E-state index is 13.6. The standard InChI is InChI=1S/C29H25N3O/c1-20-15-16-24(26-19-32-17-9-10-21(2)28(32)30-26)18-25(20)31-29(33)27(22-11-5-3-6-12-22)23-13-7-4-8-14-23/h3-19,27H,1-2H3,(H,31,33). The number of rotatable bonds is 5. The molecule has 0 unspecified atom stereocenters. The molecule has 0 aliphatic heterocycles. The molecule has 0 saturated carbocycles. The molecule has 0 aliphatic carbocycles. The van der Waals surface area contributed by atoms with Crippen LogP contribution >= 0.6 is 0 Å². The minimum atomic E-state index is -0.395. The van der Waals surface area contributed by atoms with Crippen molar-refractivity contribution in [1.29, 1.82) is 0 Å². The van der Waals surface area contributed by atoms with Gasteiger partial charge >= 0.3 is 0 Å². The predicted octanol–water partition coefficient (Wildman–Crippen LogP) is 6.39. The molecule has 5 aromatic rings. The van der Waals surface area contributed by atoms with Crippen molar-refractivity contribution in [1.82, 2.24) is 9.38 Å². The normalized spacial score (nSPS) is 11.1. The van der Waals surface area contributed by atoms with Crippen molar-refractivity contribution in [2.45, 2.75) is 19.8 Å². The first-order valence-electron chi connectivity index (χ1n) is 11.1. The average molecular weight is 432 g/mol. The Bertz CT molecular complexity index is 1380. The van der Waals surface area contributed by atoms with Crippen molar-refractivity contribution >= 4 is 17.2 Å². The molecule has 5 rings (SSSR count). The van der Waals surface area contributed by atoms with Gasteiger partial charge in [0, 0.05) is 23.6 Å². The summed E-state index contributed by atoms with van der Waals surface area (Å²) in [5.74, 6) is -0.452. The van der Waals surface area contributed by atoms with Gasteiger partial charge in [-0.1, -0.05) is 78.9 Å². The SMILES string of the molecule is Cc1ccc(-c2cn3cccc(C)c3n2)cc1NC(=O)C(c1ccccc1)c1ccccc1. The molecule has 0 atom stereocenters. The molecule has 0 aliphatic rings. The van der Waals surface area contributed by atoms with Gasteiger partial charge in [0.1, 0.15) is 5.65 Å². The Morgan fingerprint density at radius 1 is 0.818 bits per heavy atom. The molecule has 2 heterocycles. The van der Waals surface area contributed by atoms with E-state index in [-0.39, 0.29) is 5.91 Å². The second kappa shape index (κ2) is 8.75. The third-order valence-corrected chi connectivity index (χ3v) is 6.00. The Balaban J connectivity index is 1.50. The fourth-order valence-corrected chi connectivity index (χ4v) is 4.20. The largest absolute Gasteiger partial charge is 0.325 e. The van der Waals surface area contributed by atoms with Gasteiger partial charge in [0.25, 0.3) is 0 Å². The van der Waals surface area contributed by atoms with Crippen LogP contribution in [0.5, 0.6) is 0 Å². The summed E-state index contributed by atoms with van der Waals surface area (Å²) in [5.41, 5.74) is 7.63. The molecule has 0 saturated heterocycles. The highest BCUT2D eigenvalue weighted by molar-refractivity contribution is 5.99.